The van der Waals surface area contributed by atoms with Crippen molar-refractivity contribution in [3.8, 4) is 5.75 Å². The molecule has 0 aromatic heterocycles. The number of aliphatic hydroxyl groups excluding tert-OH is 1. The van der Waals surface area contributed by atoms with E-state index in [1.807, 2.05) is 42.5 Å². The number of carbonyl (C=O) groups is 2. The fourth-order valence-electron chi connectivity index (χ4n) is 4.47. The summed E-state index contributed by atoms with van der Waals surface area (Å²) in [4.78, 5) is 28.0. The highest BCUT2D eigenvalue weighted by Crippen LogP contribution is 2.41. The van der Waals surface area contributed by atoms with Crippen molar-refractivity contribution in [3.63, 3.8) is 0 Å². The number of ketones is 1. The van der Waals surface area contributed by atoms with Crippen LogP contribution in [-0.4, -0.2) is 28.8 Å². The Morgan fingerprint density at radius 1 is 1.03 bits per heavy atom. The van der Waals surface area contributed by atoms with Gasteiger partial charge < -0.3 is 14.7 Å². The zero-order valence-electron chi connectivity index (χ0n) is 21.1. The van der Waals surface area contributed by atoms with Gasteiger partial charge in [0.15, 0.2) is 0 Å². The van der Waals surface area contributed by atoms with E-state index in [4.69, 9.17) is 4.74 Å². The first-order valence-corrected chi connectivity index (χ1v) is 11.8. The van der Waals surface area contributed by atoms with Crippen LogP contribution in [0, 0.1) is 12.7 Å². The molecule has 1 saturated heterocycles. The summed E-state index contributed by atoms with van der Waals surface area (Å²) < 4.78 is 19.2. The molecule has 0 radical (unpaired) electrons. The predicted octanol–water partition coefficient (Wildman–Crippen LogP) is 6.06. The van der Waals surface area contributed by atoms with Crippen LogP contribution >= 0.6 is 0 Å². The van der Waals surface area contributed by atoms with Crippen molar-refractivity contribution < 1.29 is 23.8 Å². The lowest BCUT2D eigenvalue weighted by atomic mass is 9.85. The van der Waals surface area contributed by atoms with Gasteiger partial charge in [-0.1, -0.05) is 57.2 Å². The molecule has 3 aromatic rings. The highest BCUT2D eigenvalue weighted by atomic mass is 19.1. The second-order valence-corrected chi connectivity index (χ2v) is 10.1. The van der Waals surface area contributed by atoms with Crippen LogP contribution in [0.15, 0.2) is 72.3 Å². The molecule has 1 amide bonds. The number of aliphatic hydroxyl groups is 1. The minimum Gasteiger partial charge on any atom is -0.507 e. The largest absolute Gasteiger partial charge is 0.507 e. The number of methoxy groups -OCH3 is 1. The van der Waals surface area contributed by atoms with Crippen LogP contribution in [0.3, 0.4) is 0 Å². The van der Waals surface area contributed by atoms with Gasteiger partial charge in [-0.25, -0.2) is 4.39 Å². The van der Waals surface area contributed by atoms with Gasteiger partial charge in [-0.05, 0) is 64.9 Å². The van der Waals surface area contributed by atoms with Crippen LogP contribution in [0.2, 0.25) is 0 Å². The average Bonchev–Trinajstić information content (AvgIpc) is 3.10. The molecule has 186 valence electrons. The summed E-state index contributed by atoms with van der Waals surface area (Å²) >= 11 is 0. The smallest absolute Gasteiger partial charge is 0.295 e. The molecule has 1 atom stereocenters. The number of Topliss-reactive ketones (excluding diaryl/α,β-unsaturated/α-hetero) is 1. The molecular formula is C30H30FNO4. The van der Waals surface area contributed by atoms with E-state index >= 15 is 0 Å². The van der Waals surface area contributed by atoms with Gasteiger partial charge in [-0.15, -0.1) is 0 Å². The summed E-state index contributed by atoms with van der Waals surface area (Å²) in [6, 6.07) is 18.3. The number of halogens is 1. The number of nitrogens with zero attached hydrogens (tertiary/aromatic N) is 1. The lowest BCUT2D eigenvalue weighted by molar-refractivity contribution is -0.140. The van der Waals surface area contributed by atoms with Crippen molar-refractivity contribution in [2.75, 3.05) is 7.11 Å². The Balaban J connectivity index is 1.86. The molecule has 4 rings (SSSR count). The summed E-state index contributed by atoms with van der Waals surface area (Å²) in [6.07, 6.45) is 0. The molecule has 1 unspecified atom stereocenters. The zero-order chi connectivity index (χ0) is 26.2. The molecule has 0 bridgehead atoms. The molecule has 0 aliphatic carbocycles. The molecule has 0 spiro atoms. The number of amides is 1. The Kier molecular flexibility index (Phi) is 6.72. The summed E-state index contributed by atoms with van der Waals surface area (Å²) in [6.45, 7) is 8.04. The van der Waals surface area contributed by atoms with E-state index in [-0.39, 0.29) is 28.9 Å². The van der Waals surface area contributed by atoms with Crippen LogP contribution in [0.5, 0.6) is 5.75 Å². The van der Waals surface area contributed by atoms with E-state index in [1.54, 1.807) is 20.1 Å². The SMILES string of the molecule is COc1cccc(CN2C(=O)C(=O)/C(=C(\O)c3ccc(F)c(C)c3)C2c2ccc(C(C)(C)C)cc2)c1. The molecular weight excluding hydrogens is 457 g/mol. The fraction of sp³-hybridized carbons (Fsp3) is 0.267. The number of likely N-dealkylation sites (tertiary alicyclic amines) is 1. The Morgan fingerprint density at radius 2 is 1.72 bits per heavy atom. The minimum absolute atomic E-state index is 0.0163. The number of hydrogen-bond donors (Lipinski definition) is 1. The average molecular weight is 488 g/mol. The van der Waals surface area contributed by atoms with Crippen LogP contribution < -0.4 is 4.74 Å². The molecule has 0 saturated carbocycles. The second-order valence-electron chi connectivity index (χ2n) is 10.1. The Morgan fingerprint density at radius 3 is 2.33 bits per heavy atom. The Bertz CT molecular complexity index is 1350. The van der Waals surface area contributed by atoms with Crippen LogP contribution in [-0.2, 0) is 21.5 Å². The van der Waals surface area contributed by atoms with Crippen LogP contribution in [0.25, 0.3) is 5.76 Å². The maximum atomic E-state index is 13.9. The maximum Gasteiger partial charge on any atom is 0.295 e. The first kappa shape index (κ1) is 25.2. The second kappa shape index (κ2) is 9.61. The third-order valence-electron chi connectivity index (χ3n) is 6.55. The van der Waals surface area contributed by atoms with Gasteiger partial charge in [0.1, 0.15) is 17.3 Å². The molecule has 5 nitrogen and oxygen atoms in total. The van der Waals surface area contributed by atoms with E-state index in [0.29, 0.717) is 16.9 Å². The predicted molar refractivity (Wildman–Crippen MR) is 137 cm³/mol. The van der Waals surface area contributed by atoms with Crippen molar-refractivity contribution in [2.45, 2.75) is 45.7 Å². The van der Waals surface area contributed by atoms with Gasteiger partial charge in [0.2, 0.25) is 0 Å². The first-order chi connectivity index (χ1) is 17.0. The van der Waals surface area contributed by atoms with E-state index in [9.17, 15) is 19.1 Å². The number of ether oxygens (including phenoxy) is 1. The van der Waals surface area contributed by atoms with E-state index < -0.39 is 23.5 Å². The number of rotatable bonds is 5. The number of hydrogen-bond acceptors (Lipinski definition) is 4. The number of carbonyl (C=O) groups excluding carboxylic acids is 2. The van der Waals surface area contributed by atoms with Crippen molar-refractivity contribution in [1.82, 2.24) is 4.90 Å². The van der Waals surface area contributed by atoms with Gasteiger partial charge in [0.05, 0.1) is 18.7 Å². The Hall–Kier alpha value is -3.93. The normalized spacial score (nSPS) is 17.5. The quantitative estimate of drug-likeness (QED) is 0.270. The fourth-order valence-corrected chi connectivity index (χ4v) is 4.47. The van der Waals surface area contributed by atoms with Gasteiger partial charge in [0.25, 0.3) is 11.7 Å². The van der Waals surface area contributed by atoms with Crippen LogP contribution in [0.1, 0.15) is 54.6 Å². The third-order valence-corrected chi connectivity index (χ3v) is 6.55. The standard InChI is InChI=1S/C30H30FNO4/c1-18-15-21(11-14-24(18)31)27(33)25-26(20-9-12-22(13-10-20)30(2,3)4)32(29(35)28(25)34)17-19-7-6-8-23(16-19)36-5/h6-16,26,33H,17H2,1-5H3/b27-25-. The molecule has 1 aliphatic heterocycles. The zero-order valence-corrected chi connectivity index (χ0v) is 21.1. The highest BCUT2D eigenvalue weighted by molar-refractivity contribution is 6.46. The molecule has 1 N–H and O–H groups in total. The van der Waals surface area contributed by atoms with Gasteiger partial charge >= 0.3 is 0 Å². The van der Waals surface area contributed by atoms with E-state index in [0.717, 1.165) is 11.1 Å². The molecule has 1 aliphatic rings. The summed E-state index contributed by atoms with van der Waals surface area (Å²) in [5.41, 5.74) is 3.10. The number of aryl methyl sites for hydroxylation is 1. The summed E-state index contributed by atoms with van der Waals surface area (Å²) in [7, 11) is 1.56. The highest BCUT2D eigenvalue weighted by Gasteiger charge is 2.46. The van der Waals surface area contributed by atoms with E-state index in [2.05, 4.69) is 20.8 Å². The van der Waals surface area contributed by atoms with Crippen molar-refractivity contribution >= 4 is 17.4 Å². The van der Waals surface area contributed by atoms with Crippen molar-refractivity contribution in [1.29, 1.82) is 0 Å². The van der Waals surface area contributed by atoms with Gasteiger partial charge in [-0.2, -0.15) is 0 Å². The third kappa shape index (κ3) is 4.76. The van der Waals surface area contributed by atoms with Gasteiger partial charge in [0, 0.05) is 12.1 Å². The maximum absolute atomic E-state index is 13.9. The van der Waals surface area contributed by atoms with E-state index in [1.165, 1.54) is 23.1 Å². The molecule has 1 heterocycles. The molecule has 1 fully saturated rings. The molecule has 36 heavy (non-hydrogen) atoms. The molecule has 6 heteroatoms. The van der Waals surface area contributed by atoms with Crippen molar-refractivity contribution in [3.05, 3.63) is 106 Å². The minimum atomic E-state index is -0.810. The lowest BCUT2D eigenvalue weighted by Gasteiger charge is -2.27. The summed E-state index contributed by atoms with van der Waals surface area (Å²) in [5.74, 6) is -1.59. The van der Waals surface area contributed by atoms with Gasteiger partial charge in [-0.3, -0.25) is 9.59 Å². The van der Waals surface area contributed by atoms with Crippen LogP contribution in [0.4, 0.5) is 4.39 Å². The monoisotopic (exact) mass is 487 g/mol. The first-order valence-electron chi connectivity index (χ1n) is 11.8. The molecule has 3 aromatic carbocycles. The topological polar surface area (TPSA) is 66.8 Å². The Labute approximate surface area is 210 Å². The van der Waals surface area contributed by atoms with Crippen molar-refractivity contribution in [2.24, 2.45) is 0 Å². The lowest BCUT2D eigenvalue weighted by Crippen LogP contribution is -2.29. The summed E-state index contributed by atoms with van der Waals surface area (Å²) in [5, 5.41) is 11.2. The number of benzene rings is 3.